The summed E-state index contributed by atoms with van der Waals surface area (Å²) in [6.45, 7) is 4.34. The number of sulfonamides is 1. The average molecular weight is 451 g/mol. The van der Waals surface area contributed by atoms with Gasteiger partial charge in [-0.2, -0.15) is 0 Å². The second-order valence-electron chi connectivity index (χ2n) is 7.04. The molecule has 2 aromatic rings. The molecular weight excluding hydrogens is 428 g/mol. The fourth-order valence-corrected chi connectivity index (χ4v) is 4.45. The van der Waals surface area contributed by atoms with Crippen molar-refractivity contribution in [2.75, 3.05) is 13.2 Å². The molecule has 0 spiro atoms. The first-order valence-electron chi connectivity index (χ1n) is 9.57. The summed E-state index contributed by atoms with van der Waals surface area (Å²) in [5.74, 6) is -0.387. The fourth-order valence-electron chi connectivity index (χ4n) is 3.39. The van der Waals surface area contributed by atoms with Crippen LogP contribution in [-0.4, -0.2) is 38.5 Å². The molecule has 1 aliphatic heterocycles. The first-order valence-corrected chi connectivity index (χ1v) is 11.4. The van der Waals surface area contributed by atoms with Crippen LogP contribution in [0.4, 0.5) is 4.79 Å². The zero-order chi connectivity index (χ0) is 21.9. The molecule has 0 saturated carbocycles. The van der Waals surface area contributed by atoms with Gasteiger partial charge in [0.25, 0.3) is 10.0 Å². The Morgan fingerprint density at radius 1 is 1.17 bits per heavy atom. The largest absolute Gasteiger partial charge is 0.449 e. The lowest BCUT2D eigenvalue weighted by atomic mass is 9.96. The van der Waals surface area contributed by atoms with E-state index in [4.69, 9.17) is 11.6 Å². The molecule has 0 saturated heterocycles. The lowest BCUT2D eigenvalue weighted by Crippen LogP contribution is -2.38. The predicted molar refractivity (Wildman–Crippen MR) is 113 cm³/mol. The number of amides is 2. The molecule has 2 aromatic carbocycles. The highest BCUT2D eigenvalue weighted by Gasteiger charge is 2.27. The highest BCUT2D eigenvalue weighted by Crippen LogP contribution is 2.26. The van der Waals surface area contributed by atoms with E-state index in [2.05, 4.69) is 4.74 Å². The molecule has 160 valence electrons. The Bertz CT molecular complexity index is 1050. The number of fused-ring (bicyclic) bond motifs is 1. The zero-order valence-electron chi connectivity index (χ0n) is 16.7. The SMILES string of the molecule is CCOC(=O)NS(=O)(=O)c1ccc2c(c1)CN(C(=O)C(C)c1ccc(Cl)cc1)CC2. The van der Waals surface area contributed by atoms with E-state index in [1.807, 2.05) is 23.8 Å². The first-order chi connectivity index (χ1) is 14.2. The maximum Gasteiger partial charge on any atom is 0.421 e. The highest BCUT2D eigenvalue weighted by molar-refractivity contribution is 7.90. The summed E-state index contributed by atoms with van der Waals surface area (Å²) >= 11 is 5.92. The smallest absolute Gasteiger partial charge is 0.421 e. The number of hydrogen-bond acceptors (Lipinski definition) is 5. The summed E-state index contributed by atoms with van der Waals surface area (Å²) in [5, 5.41) is 0.607. The number of nitrogens with one attached hydrogen (secondary N) is 1. The summed E-state index contributed by atoms with van der Waals surface area (Å²) < 4.78 is 31.4. The molecule has 1 aliphatic rings. The summed E-state index contributed by atoms with van der Waals surface area (Å²) in [7, 11) is -4.06. The van der Waals surface area contributed by atoms with E-state index in [-0.39, 0.29) is 23.3 Å². The summed E-state index contributed by atoms with van der Waals surface area (Å²) in [6, 6.07) is 11.8. The lowest BCUT2D eigenvalue weighted by molar-refractivity contribution is -0.133. The number of ether oxygens (including phenoxy) is 1. The van der Waals surface area contributed by atoms with Crippen molar-refractivity contribution >= 4 is 33.6 Å². The van der Waals surface area contributed by atoms with Crippen LogP contribution in [0.15, 0.2) is 47.4 Å². The summed E-state index contributed by atoms with van der Waals surface area (Å²) in [4.78, 5) is 26.2. The van der Waals surface area contributed by atoms with Crippen LogP contribution in [0.1, 0.15) is 36.5 Å². The molecule has 0 fully saturated rings. The Balaban J connectivity index is 1.77. The third kappa shape index (κ3) is 4.94. The fraction of sp³-hybridized carbons (Fsp3) is 0.333. The van der Waals surface area contributed by atoms with Crippen molar-refractivity contribution < 1.29 is 22.7 Å². The Labute approximate surface area is 181 Å². The molecule has 7 nitrogen and oxygen atoms in total. The zero-order valence-corrected chi connectivity index (χ0v) is 18.3. The maximum atomic E-state index is 13.0. The van der Waals surface area contributed by atoms with Crippen molar-refractivity contribution in [2.45, 2.75) is 37.6 Å². The van der Waals surface area contributed by atoms with Gasteiger partial charge in [-0.25, -0.2) is 17.9 Å². The molecule has 0 aliphatic carbocycles. The molecule has 9 heteroatoms. The van der Waals surface area contributed by atoms with E-state index >= 15 is 0 Å². The molecular formula is C21H23ClN2O5S. The van der Waals surface area contributed by atoms with Crippen LogP contribution in [0.25, 0.3) is 0 Å². The van der Waals surface area contributed by atoms with Crippen molar-refractivity contribution in [3.05, 3.63) is 64.2 Å². The first kappa shape index (κ1) is 22.1. The van der Waals surface area contributed by atoms with Crippen LogP contribution in [0.5, 0.6) is 0 Å². The van der Waals surface area contributed by atoms with Crippen molar-refractivity contribution in [3.8, 4) is 0 Å². The number of carbonyl (C=O) groups is 2. The van der Waals surface area contributed by atoms with Gasteiger partial charge in [-0.15, -0.1) is 0 Å². The van der Waals surface area contributed by atoms with Gasteiger partial charge >= 0.3 is 6.09 Å². The lowest BCUT2D eigenvalue weighted by Gasteiger charge is -2.31. The third-order valence-corrected chi connectivity index (χ3v) is 6.61. The van der Waals surface area contributed by atoms with Crippen LogP contribution < -0.4 is 4.72 Å². The Morgan fingerprint density at radius 2 is 1.87 bits per heavy atom. The van der Waals surface area contributed by atoms with Crippen molar-refractivity contribution in [2.24, 2.45) is 0 Å². The maximum absolute atomic E-state index is 13.0. The Hall–Kier alpha value is -2.58. The van der Waals surface area contributed by atoms with Gasteiger partial charge in [0.15, 0.2) is 0 Å². The van der Waals surface area contributed by atoms with E-state index in [9.17, 15) is 18.0 Å². The third-order valence-electron chi connectivity index (χ3n) is 5.05. The number of hydrogen-bond donors (Lipinski definition) is 1. The monoisotopic (exact) mass is 450 g/mol. The minimum absolute atomic E-state index is 0.0409. The summed E-state index contributed by atoms with van der Waals surface area (Å²) in [6.07, 6.45) is -0.399. The van der Waals surface area contributed by atoms with Gasteiger partial charge in [-0.05, 0) is 61.2 Å². The van der Waals surface area contributed by atoms with Crippen LogP contribution in [0, 0.1) is 0 Å². The predicted octanol–water partition coefficient (Wildman–Crippen LogP) is 3.46. The summed E-state index contributed by atoms with van der Waals surface area (Å²) in [5.41, 5.74) is 2.59. The van der Waals surface area contributed by atoms with Crippen molar-refractivity contribution in [3.63, 3.8) is 0 Å². The molecule has 1 atom stereocenters. The Kier molecular flexibility index (Phi) is 6.67. The standard InChI is InChI=1S/C21H23ClN2O5S/c1-3-29-21(26)23-30(27,28)19-9-6-16-10-11-24(13-17(16)12-19)20(25)14(2)15-4-7-18(22)8-5-15/h4-9,12,14H,3,10-11,13H2,1-2H3,(H,23,26). The van der Waals surface area contributed by atoms with Crippen LogP contribution in [0.2, 0.25) is 5.02 Å². The van der Waals surface area contributed by atoms with Crippen molar-refractivity contribution in [1.29, 1.82) is 0 Å². The average Bonchev–Trinajstić information content (AvgIpc) is 2.72. The molecule has 0 aromatic heterocycles. The molecule has 1 unspecified atom stereocenters. The number of nitrogens with zero attached hydrogens (tertiary/aromatic N) is 1. The van der Waals surface area contributed by atoms with Crippen LogP contribution in [0.3, 0.4) is 0 Å². The van der Waals surface area contributed by atoms with E-state index in [1.54, 1.807) is 30.0 Å². The molecule has 3 rings (SSSR count). The van der Waals surface area contributed by atoms with Gasteiger partial charge in [-0.1, -0.05) is 29.8 Å². The quantitative estimate of drug-likeness (QED) is 0.752. The van der Waals surface area contributed by atoms with Gasteiger partial charge in [0, 0.05) is 18.1 Å². The molecule has 1 heterocycles. The molecule has 1 N–H and O–H groups in total. The van der Waals surface area contributed by atoms with Gasteiger partial charge in [0.05, 0.1) is 17.4 Å². The number of halogens is 1. The van der Waals surface area contributed by atoms with Crippen molar-refractivity contribution in [1.82, 2.24) is 9.62 Å². The van der Waals surface area contributed by atoms with Gasteiger partial charge in [0.2, 0.25) is 5.91 Å². The van der Waals surface area contributed by atoms with E-state index in [0.29, 0.717) is 24.5 Å². The minimum atomic E-state index is -4.06. The molecule has 0 bridgehead atoms. The number of rotatable bonds is 5. The van der Waals surface area contributed by atoms with E-state index < -0.39 is 16.1 Å². The van der Waals surface area contributed by atoms with E-state index in [0.717, 1.165) is 16.7 Å². The second-order valence-corrected chi connectivity index (χ2v) is 9.16. The Morgan fingerprint density at radius 3 is 2.53 bits per heavy atom. The van der Waals surface area contributed by atoms with Gasteiger partial charge in [0.1, 0.15) is 0 Å². The molecule has 0 radical (unpaired) electrons. The van der Waals surface area contributed by atoms with Crippen LogP contribution >= 0.6 is 11.6 Å². The number of carbonyl (C=O) groups excluding carboxylic acids is 2. The normalized spacial score (nSPS) is 14.6. The van der Waals surface area contributed by atoms with Crippen LogP contribution in [-0.2, 0) is 32.5 Å². The van der Waals surface area contributed by atoms with E-state index in [1.165, 1.54) is 12.1 Å². The highest BCUT2D eigenvalue weighted by atomic mass is 35.5. The van der Waals surface area contributed by atoms with Gasteiger partial charge < -0.3 is 9.64 Å². The number of benzene rings is 2. The van der Waals surface area contributed by atoms with Gasteiger partial charge in [-0.3, -0.25) is 4.79 Å². The topological polar surface area (TPSA) is 92.8 Å². The minimum Gasteiger partial charge on any atom is -0.449 e. The second kappa shape index (κ2) is 9.06. The molecule has 2 amide bonds. The molecule has 30 heavy (non-hydrogen) atoms.